The topological polar surface area (TPSA) is 64.6 Å². The maximum atomic E-state index is 11.1. The molecule has 0 atom stereocenters. The zero-order chi connectivity index (χ0) is 11.5. The van der Waals surface area contributed by atoms with Crippen molar-refractivity contribution < 1.29 is 19.1 Å². The molecule has 0 unspecified atom stereocenters. The number of anilines is 1. The minimum Gasteiger partial charge on any atom is -0.454 e. The van der Waals surface area contributed by atoms with E-state index in [0.717, 1.165) is 0 Å². The van der Waals surface area contributed by atoms with E-state index in [-0.39, 0.29) is 18.6 Å². The van der Waals surface area contributed by atoms with E-state index in [2.05, 4.69) is 5.32 Å². The lowest BCUT2D eigenvalue weighted by atomic mass is 10.1. The first-order valence-electron chi connectivity index (χ1n) is 4.49. The smallest absolute Gasteiger partial charge is 0.239 e. The van der Waals surface area contributed by atoms with Crippen molar-refractivity contribution >= 4 is 29.5 Å². The van der Waals surface area contributed by atoms with E-state index in [1.165, 1.54) is 12.1 Å². The van der Waals surface area contributed by atoms with Gasteiger partial charge in [0.25, 0.3) is 0 Å². The van der Waals surface area contributed by atoms with E-state index >= 15 is 0 Å². The molecule has 1 amide bonds. The highest BCUT2D eigenvalue weighted by atomic mass is 35.5. The average molecular weight is 242 g/mol. The monoisotopic (exact) mass is 241 g/mol. The van der Waals surface area contributed by atoms with E-state index in [1.807, 2.05) is 0 Å². The highest BCUT2D eigenvalue weighted by molar-refractivity contribution is 6.29. The van der Waals surface area contributed by atoms with Gasteiger partial charge in [-0.2, -0.15) is 0 Å². The molecule has 2 rings (SSSR count). The van der Waals surface area contributed by atoms with Gasteiger partial charge >= 0.3 is 0 Å². The minimum absolute atomic E-state index is 0.112. The second kappa shape index (κ2) is 4.40. The molecule has 1 aromatic rings. The summed E-state index contributed by atoms with van der Waals surface area (Å²) in [5.74, 6) is 0.428. The minimum atomic E-state index is -0.386. The third kappa shape index (κ3) is 1.94. The van der Waals surface area contributed by atoms with Gasteiger partial charge in [-0.1, -0.05) is 0 Å². The number of rotatable bonds is 3. The number of benzene rings is 1. The molecule has 6 heteroatoms. The molecular weight excluding hydrogens is 234 g/mol. The van der Waals surface area contributed by atoms with Crippen molar-refractivity contribution in [2.75, 3.05) is 18.0 Å². The van der Waals surface area contributed by atoms with Crippen LogP contribution in [0.1, 0.15) is 10.4 Å². The third-order valence-corrected chi connectivity index (χ3v) is 2.31. The lowest BCUT2D eigenvalue weighted by molar-refractivity contribution is -0.113. The van der Waals surface area contributed by atoms with Crippen molar-refractivity contribution in [3.8, 4) is 11.5 Å². The molecule has 1 aliphatic heterocycles. The van der Waals surface area contributed by atoms with Crippen LogP contribution in [-0.2, 0) is 4.79 Å². The third-order valence-electron chi connectivity index (χ3n) is 2.07. The summed E-state index contributed by atoms with van der Waals surface area (Å²) in [5.41, 5.74) is 0.688. The Morgan fingerprint density at radius 3 is 2.75 bits per heavy atom. The summed E-state index contributed by atoms with van der Waals surface area (Å²) in [7, 11) is 0. The summed E-state index contributed by atoms with van der Waals surface area (Å²) >= 11 is 5.36. The van der Waals surface area contributed by atoms with Gasteiger partial charge in [-0.05, 0) is 6.07 Å². The summed E-state index contributed by atoms with van der Waals surface area (Å²) in [6.07, 6.45) is 0.631. The van der Waals surface area contributed by atoms with E-state index in [1.54, 1.807) is 0 Å². The van der Waals surface area contributed by atoms with Crippen LogP contribution in [0.3, 0.4) is 0 Å². The van der Waals surface area contributed by atoms with E-state index in [4.69, 9.17) is 21.1 Å². The first kappa shape index (κ1) is 10.8. The Kier molecular flexibility index (Phi) is 2.96. The Hall–Kier alpha value is -1.75. The second-order valence-electron chi connectivity index (χ2n) is 3.09. The summed E-state index contributed by atoms with van der Waals surface area (Å²) in [4.78, 5) is 21.9. The largest absolute Gasteiger partial charge is 0.454 e. The van der Waals surface area contributed by atoms with Gasteiger partial charge in [-0.3, -0.25) is 9.59 Å². The van der Waals surface area contributed by atoms with Crippen LogP contribution in [0.5, 0.6) is 11.5 Å². The molecule has 0 spiro atoms. The first-order chi connectivity index (χ1) is 7.74. The van der Waals surface area contributed by atoms with Crippen molar-refractivity contribution in [2.24, 2.45) is 0 Å². The SMILES string of the molecule is O=Cc1cc2c(cc1NC(=O)CCl)OCO2. The predicted octanol–water partition coefficient (Wildman–Crippen LogP) is 1.41. The van der Waals surface area contributed by atoms with Gasteiger partial charge in [0.15, 0.2) is 17.8 Å². The summed E-state index contributed by atoms with van der Waals surface area (Å²) in [6.45, 7) is 0.112. The fourth-order valence-electron chi connectivity index (χ4n) is 1.35. The van der Waals surface area contributed by atoms with Crippen molar-refractivity contribution in [2.45, 2.75) is 0 Å². The lowest BCUT2D eigenvalue weighted by Gasteiger charge is -2.07. The number of nitrogens with one attached hydrogen (secondary N) is 1. The maximum Gasteiger partial charge on any atom is 0.239 e. The van der Waals surface area contributed by atoms with Gasteiger partial charge in [-0.25, -0.2) is 0 Å². The number of fused-ring (bicyclic) bond motifs is 1. The standard InChI is InChI=1S/C10H8ClNO4/c11-3-10(14)12-7-2-9-8(15-5-16-9)1-6(7)4-13/h1-2,4H,3,5H2,(H,12,14). The molecule has 0 bridgehead atoms. The molecule has 0 radical (unpaired) electrons. The molecule has 0 saturated carbocycles. The molecule has 0 aliphatic carbocycles. The summed E-state index contributed by atoms with van der Waals surface area (Å²) < 4.78 is 10.2. The molecule has 1 aromatic carbocycles. The van der Waals surface area contributed by atoms with Gasteiger partial charge in [0.1, 0.15) is 5.88 Å². The molecule has 1 N–H and O–H groups in total. The molecule has 16 heavy (non-hydrogen) atoms. The van der Waals surface area contributed by atoms with Gasteiger partial charge in [-0.15, -0.1) is 11.6 Å². The number of halogens is 1. The molecule has 1 heterocycles. The Balaban J connectivity index is 2.36. The number of ether oxygens (including phenoxy) is 2. The summed E-state index contributed by atoms with van der Waals surface area (Å²) in [6, 6.07) is 3.05. The Labute approximate surface area is 96.3 Å². The van der Waals surface area contributed by atoms with E-state index in [9.17, 15) is 9.59 Å². The number of alkyl halides is 1. The number of carbonyl (C=O) groups excluding carboxylic acids is 2. The fourth-order valence-corrected chi connectivity index (χ4v) is 1.41. The number of hydrogen-bond acceptors (Lipinski definition) is 4. The molecule has 5 nitrogen and oxygen atoms in total. The molecule has 0 saturated heterocycles. The van der Waals surface area contributed by atoms with Crippen molar-refractivity contribution in [1.82, 2.24) is 0 Å². The van der Waals surface area contributed by atoms with Crippen LogP contribution in [0.15, 0.2) is 12.1 Å². The number of amides is 1. The molecule has 84 valence electrons. The Bertz CT molecular complexity index is 447. The van der Waals surface area contributed by atoms with Crippen LogP contribution in [0.25, 0.3) is 0 Å². The van der Waals surface area contributed by atoms with Gasteiger partial charge in [0.2, 0.25) is 12.7 Å². The zero-order valence-corrected chi connectivity index (χ0v) is 8.91. The van der Waals surface area contributed by atoms with Gasteiger partial charge in [0, 0.05) is 11.6 Å². The Morgan fingerprint density at radius 2 is 2.12 bits per heavy atom. The van der Waals surface area contributed by atoms with E-state index in [0.29, 0.717) is 29.0 Å². The number of carbonyl (C=O) groups is 2. The molecule has 1 aliphatic rings. The predicted molar refractivity (Wildman–Crippen MR) is 57.3 cm³/mol. The van der Waals surface area contributed by atoms with Crippen LogP contribution in [-0.4, -0.2) is 24.9 Å². The van der Waals surface area contributed by atoms with E-state index < -0.39 is 0 Å². The maximum absolute atomic E-state index is 11.1. The molecule has 0 fully saturated rings. The number of aldehydes is 1. The molecular formula is C10H8ClNO4. The van der Waals surface area contributed by atoms with Crippen LogP contribution in [0.2, 0.25) is 0 Å². The number of hydrogen-bond donors (Lipinski definition) is 1. The average Bonchev–Trinajstić information content (AvgIpc) is 2.74. The normalized spacial score (nSPS) is 12.3. The Morgan fingerprint density at radius 1 is 1.44 bits per heavy atom. The van der Waals surface area contributed by atoms with Crippen LogP contribution in [0, 0.1) is 0 Å². The second-order valence-corrected chi connectivity index (χ2v) is 3.36. The van der Waals surface area contributed by atoms with Crippen molar-refractivity contribution in [1.29, 1.82) is 0 Å². The quantitative estimate of drug-likeness (QED) is 0.642. The van der Waals surface area contributed by atoms with Crippen LogP contribution >= 0.6 is 11.6 Å². The van der Waals surface area contributed by atoms with Crippen LogP contribution < -0.4 is 14.8 Å². The van der Waals surface area contributed by atoms with Crippen molar-refractivity contribution in [3.63, 3.8) is 0 Å². The fraction of sp³-hybridized carbons (Fsp3) is 0.200. The highest BCUT2D eigenvalue weighted by Gasteiger charge is 2.17. The van der Waals surface area contributed by atoms with Crippen molar-refractivity contribution in [3.05, 3.63) is 17.7 Å². The zero-order valence-electron chi connectivity index (χ0n) is 8.16. The lowest BCUT2D eigenvalue weighted by Crippen LogP contribution is -2.13. The van der Waals surface area contributed by atoms with Gasteiger partial charge < -0.3 is 14.8 Å². The highest BCUT2D eigenvalue weighted by Crippen LogP contribution is 2.36. The molecule has 0 aromatic heterocycles. The van der Waals surface area contributed by atoms with Crippen LogP contribution in [0.4, 0.5) is 5.69 Å². The summed E-state index contributed by atoms with van der Waals surface area (Å²) in [5, 5.41) is 2.50. The van der Waals surface area contributed by atoms with Gasteiger partial charge in [0.05, 0.1) is 5.69 Å². The first-order valence-corrected chi connectivity index (χ1v) is 5.02.